The molecule has 3 nitrogen and oxygen atoms in total. The smallest absolute Gasteiger partial charge is 0.344 e. The van der Waals surface area contributed by atoms with Crippen molar-refractivity contribution >= 4 is 5.97 Å². The average molecular weight is 236 g/mol. The molecule has 0 unspecified atom stereocenters. The number of hydrogen-bond acceptors (Lipinski definition) is 3. The Morgan fingerprint density at radius 3 is 2.47 bits per heavy atom. The number of aryl methyl sites for hydroxylation is 2. The van der Waals surface area contributed by atoms with Gasteiger partial charge in [-0.2, -0.15) is 0 Å². The molecule has 0 atom stereocenters. The Morgan fingerprint density at radius 2 is 1.88 bits per heavy atom. The Kier molecular flexibility index (Phi) is 4.55. The molecular formula is C14H20O3. The zero-order valence-corrected chi connectivity index (χ0v) is 11.2. The zero-order valence-electron chi connectivity index (χ0n) is 11.2. The van der Waals surface area contributed by atoms with Gasteiger partial charge in [-0.1, -0.05) is 6.07 Å². The van der Waals surface area contributed by atoms with Gasteiger partial charge in [0.1, 0.15) is 5.75 Å². The Morgan fingerprint density at radius 1 is 1.24 bits per heavy atom. The van der Waals surface area contributed by atoms with Crippen LogP contribution in [0.1, 0.15) is 30.5 Å². The molecule has 0 aliphatic carbocycles. The second kappa shape index (κ2) is 5.71. The van der Waals surface area contributed by atoms with Gasteiger partial charge in [-0.05, 0) is 57.4 Å². The maximum Gasteiger partial charge on any atom is 0.344 e. The first kappa shape index (κ1) is 13.6. The Hall–Kier alpha value is -1.51. The van der Waals surface area contributed by atoms with Crippen LogP contribution in [-0.2, 0) is 9.53 Å². The third-order valence-electron chi connectivity index (χ3n) is 2.48. The van der Waals surface area contributed by atoms with Gasteiger partial charge in [0.15, 0.2) is 6.61 Å². The third-order valence-corrected chi connectivity index (χ3v) is 2.48. The maximum absolute atomic E-state index is 11.4. The summed E-state index contributed by atoms with van der Waals surface area (Å²) in [5, 5.41) is 0. The molecule has 0 fully saturated rings. The lowest BCUT2D eigenvalue weighted by atomic mass is 10.1. The molecule has 0 heterocycles. The van der Waals surface area contributed by atoms with E-state index in [9.17, 15) is 4.79 Å². The number of hydrogen-bond donors (Lipinski definition) is 0. The van der Waals surface area contributed by atoms with Gasteiger partial charge in [0.25, 0.3) is 0 Å². The van der Waals surface area contributed by atoms with Crippen LogP contribution in [0.15, 0.2) is 12.1 Å². The first-order valence-electron chi connectivity index (χ1n) is 5.80. The van der Waals surface area contributed by atoms with E-state index in [4.69, 9.17) is 9.47 Å². The maximum atomic E-state index is 11.4. The van der Waals surface area contributed by atoms with Gasteiger partial charge < -0.3 is 9.47 Å². The first-order chi connectivity index (χ1) is 7.90. The second-order valence-corrected chi connectivity index (χ2v) is 4.53. The Bertz CT molecular complexity index is 408. The number of carbonyl (C=O) groups is 1. The Labute approximate surface area is 103 Å². The molecule has 0 aromatic heterocycles. The summed E-state index contributed by atoms with van der Waals surface area (Å²) in [6.07, 6.45) is -0.105. The quantitative estimate of drug-likeness (QED) is 0.754. The molecular weight excluding hydrogens is 216 g/mol. The van der Waals surface area contributed by atoms with E-state index in [0.29, 0.717) is 0 Å². The lowest BCUT2D eigenvalue weighted by molar-refractivity contribution is -0.149. The van der Waals surface area contributed by atoms with E-state index in [1.807, 2.05) is 40.7 Å². The summed E-state index contributed by atoms with van der Waals surface area (Å²) in [6.45, 7) is 9.62. The largest absolute Gasteiger partial charge is 0.482 e. The molecule has 0 bridgehead atoms. The van der Waals surface area contributed by atoms with Gasteiger partial charge in [0.2, 0.25) is 0 Å². The molecule has 0 N–H and O–H groups in total. The van der Waals surface area contributed by atoms with E-state index < -0.39 is 0 Å². The van der Waals surface area contributed by atoms with Crippen molar-refractivity contribution in [1.82, 2.24) is 0 Å². The van der Waals surface area contributed by atoms with Crippen LogP contribution < -0.4 is 4.74 Å². The highest BCUT2D eigenvalue weighted by atomic mass is 16.6. The molecule has 3 heteroatoms. The van der Waals surface area contributed by atoms with Gasteiger partial charge in [0, 0.05) is 0 Å². The third kappa shape index (κ3) is 4.10. The molecule has 17 heavy (non-hydrogen) atoms. The van der Waals surface area contributed by atoms with Crippen LogP contribution in [0.25, 0.3) is 0 Å². The summed E-state index contributed by atoms with van der Waals surface area (Å²) in [5.41, 5.74) is 3.35. The minimum Gasteiger partial charge on any atom is -0.482 e. The van der Waals surface area contributed by atoms with Crippen molar-refractivity contribution in [2.24, 2.45) is 0 Å². The summed E-state index contributed by atoms with van der Waals surface area (Å²) in [5.74, 6) is 0.418. The van der Waals surface area contributed by atoms with Crippen LogP contribution in [0.3, 0.4) is 0 Å². The SMILES string of the molecule is Cc1cc(C)c(C)c(OCC(=O)OC(C)C)c1. The normalized spacial score (nSPS) is 10.5. The van der Waals surface area contributed by atoms with E-state index in [-0.39, 0.29) is 18.7 Å². The van der Waals surface area contributed by atoms with Crippen LogP contribution in [-0.4, -0.2) is 18.7 Å². The minimum atomic E-state index is -0.335. The number of carbonyl (C=O) groups excluding carboxylic acids is 1. The predicted octanol–water partition coefficient (Wildman–Crippen LogP) is 2.94. The van der Waals surface area contributed by atoms with E-state index in [1.165, 1.54) is 0 Å². The van der Waals surface area contributed by atoms with Crippen LogP contribution in [0.4, 0.5) is 0 Å². The summed E-state index contributed by atoms with van der Waals surface area (Å²) in [4.78, 5) is 11.4. The second-order valence-electron chi connectivity index (χ2n) is 4.53. The zero-order chi connectivity index (χ0) is 13.0. The molecule has 0 aliphatic heterocycles. The molecule has 1 aromatic rings. The van der Waals surface area contributed by atoms with Crippen molar-refractivity contribution < 1.29 is 14.3 Å². The highest BCUT2D eigenvalue weighted by Crippen LogP contribution is 2.23. The lowest BCUT2D eigenvalue weighted by Gasteiger charge is -2.13. The molecule has 0 radical (unpaired) electrons. The number of rotatable bonds is 4. The monoisotopic (exact) mass is 236 g/mol. The van der Waals surface area contributed by atoms with E-state index >= 15 is 0 Å². The topological polar surface area (TPSA) is 35.5 Å². The van der Waals surface area contributed by atoms with E-state index in [2.05, 4.69) is 6.07 Å². The van der Waals surface area contributed by atoms with Crippen molar-refractivity contribution in [2.75, 3.05) is 6.61 Å². The van der Waals surface area contributed by atoms with E-state index in [0.717, 1.165) is 22.4 Å². The molecule has 1 rings (SSSR count). The van der Waals surface area contributed by atoms with Gasteiger partial charge in [-0.15, -0.1) is 0 Å². The fourth-order valence-corrected chi connectivity index (χ4v) is 1.58. The first-order valence-corrected chi connectivity index (χ1v) is 5.80. The molecule has 0 aliphatic rings. The molecule has 0 amide bonds. The molecule has 1 aromatic carbocycles. The standard InChI is InChI=1S/C14H20O3/c1-9(2)17-14(15)8-16-13-7-10(3)6-11(4)12(13)5/h6-7,9H,8H2,1-5H3. The van der Waals surface area contributed by atoms with E-state index in [1.54, 1.807) is 0 Å². The summed E-state index contributed by atoms with van der Waals surface area (Å²) in [7, 11) is 0. The number of ether oxygens (including phenoxy) is 2. The molecule has 0 saturated heterocycles. The lowest BCUT2D eigenvalue weighted by Crippen LogP contribution is -2.19. The molecule has 0 saturated carbocycles. The van der Waals surface area contributed by atoms with Crippen LogP contribution in [0, 0.1) is 20.8 Å². The minimum absolute atomic E-state index is 0.0398. The van der Waals surface area contributed by atoms with Crippen LogP contribution >= 0.6 is 0 Å². The molecule has 94 valence electrons. The van der Waals surface area contributed by atoms with Gasteiger partial charge in [0.05, 0.1) is 6.10 Å². The fraction of sp³-hybridized carbons (Fsp3) is 0.500. The summed E-state index contributed by atoms with van der Waals surface area (Å²) in [6, 6.07) is 4.03. The van der Waals surface area contributed by atoms with Crippen molar-refractivity contribution in [2.45, 2.75) is 40.7 Å². The predicted molar refractivity (Wildman–Crippen MR) is 67.4 cm³/mol. The van der Waals surface area contributed by atoms with Crippen molar-refractivity contribution in [3.63, 3.8) is 0 Å². The highest BCUT2D eigenvalue weighted by molar-refractivity contribution is 5.71. The van der Waals surface area contributed by atoms with Crippen molar-refractivity contribution in [1.29, 1.82) is 0 Å². The van der Waals surface area contributed by atoms with Gasteiger partial charge in [-0.3, -0.25) is 0 Å². The summed E-state index contributed by atoms with van der Waals surface area (Å²) < 4.78 is 10.5. The Balaban J connectivity index is 2.66. The van der Waals surface area contributed by atoms with Crippen molar-refractivity contribution in [3.8, 4) is 5.75 Å². The number of esters is 1. The number of benzene rings is 1. The van der Waals surface area contributed by atoms with Crippen LogP contribution in [0.5, 0.6) is 5.75 Å². The van der Waals surface area contributed by atoms with Crippen LogP contribution in [0.2, 0.25) is 0 Å². The summed E-state index contributed by atoms with van der Waals surface area (Å²) >= 11 is 0. The average Bonchev–Trinajstić information content (AvgIpc) is 2.20. The molecule has 0 spiro atoms. The van der Waals surface area contributed by atoms with Gasteiger partial charge >= 0.3 is 5.97 Å². The van der Waals surface area contributed by atoms with Gasteiger partial charge in [-0.25, -0.2) is 4.79 Å². The highest BCUT2D eigenvalue weighted by Gasteiger charge is 2.09. The fourth-order valence-electron chi connectivity index (χ4n) is 1.58. The van der Waals surface area contributed by atoms with Crippen molar-refractivity contribution in [3.05, 3.63) is 28.8 Å².